The molecule has 0 aromatic heterocycles. The Balaban J connectivity index is 1.07. The number of rotatable bonds is 14. The topological polar surface area (TPSA) is 47.9 Å². The van der Waals surface area contributed by atoms with E-state index in [-0.39, 0.29) is 12.2 Å². The van der Waals surface area contributed by atoms with Crippen molar-refractivity contribution in [2.45, 2.75) is 195 Å². The van der Waals surface area contributed by atoms with Gasteiger partial charge >= 0.3 is 0 Å². The smallest absolute Gasteiger partial charge is 0.0579 e. The number of aliphatic hydroxyl groups excluding tert-OH is 1. The van der Waals surface area contributed by atoms with Crippen molar-refractivity contribution in [1.29, 1.82) is 0 Å². The molecule has 4 heteroatoms. The maximum absolute atomic E-state index is 9.94. The summed E-state index contributed by atoms with van der Waals surface area (Å²) >= 11 is 0. The highest BCUT2D eigenvalue weighted by Crippen LogP contribution is 2.50. The molecule has 4 aliphatic rings. The third kappa shape index (κ3) is 10.2. The van der Waals surface area contributed by atoms with Gasteiger partial charge in [0, 0.05) is 13.2 Å². The lowest BCUT2D eigenvalue weighted by Crippen LogP contribution is -2.39. The average molecular weight is 605 g/mol. The molecule has 4 aliphatic carbocycles. The molecule has 4 rings (SSSR count). The standard InChI is InChI=1S/C39H72O4/c1-8-28(2)27-42-36-21-13-32(14-22-36)39(6,7)33-15-23-37(24-16-33)43-29(3)25-26-41-35-19-11-31(12-20-35)38(4,5)30-9-17-34(40)18-10-30/h28-37,40H,8-27H2,1-7H3. The molecule has 4 saturated carbocycles. The monoisotopic (exact) mass is 605 g/mol. The van der Waals surface area contributed by atoms with Gasteiger partial charge in [0.25, 0.3) is 0 Å². The van der Waals surface area contributed by atoms with Crippen LogP contribution in [0.3, 0.4) is 0 Å². The van der Waals surface area contributed by atoms with Crippen molar-refractivity contribution in [2.75, 3.05) is 13.2 Å². The molecule has 4 nitrogen and oxygen atoms in total. The first kappa shape index (κ1) is 35.7. The Labute approximate surface area is 267 Å². The predicted molar refractivity (Wildman–Crippen MR) is 179 cm³/mol. The Morgan fingerprint density at radius 2 is 0.977 bits per heavy atom. The van der Waals surface area contributed by atoms with Gasteiger partial charge in [-0.3, -0.25) is 0 Å². The second-order valence-electron chi connectivity index (χ2n) is 17.0. The molecule has 0 aliphatic heterocycles. The van der Waals surface area contributed by atoms with Crippen molar-refractivity contribution in [3.05, 3.63) is 0 Å². The summed E-state index contributed by atoms with van der Waals surface area (Å²) in [5.74, 6) is 3.94. The van der Waals surface area contributed by atoms with E-state index in [4.69, 9.17) is 14.2 Å². The maximum Gasteiger partial charge on any atom is 0.0579 e. The van der Waals surface area contributed by atoms with E-state index in [0.717, 1.165) is 56.1 Å². The summed E-state index contributed by atoms with van der Waals surface area (Å²) in [4.78, 5) is 0. The molecule has 4 fully saturated rings. The van der Waals surface area contributed by atoms with Gasteiger partial charge in [-0.25, -0.2) is 0 Å². The largest absolute Gasteiger partial charge is 0.393 e. The van der Waals surface area contributed by atoms with Gasteiger partial charge in [0.15, 0.2) is 0 Å². The van der Waals surface area contributed by atoms with Crippen LogP contribution in [0.2, 0.25) is 0 Å². The van der Waals surface area contributed by atoms with Gasteiger partial charge in [0.2, 0.25) is 0 Å². The number of hydrogen-bond acceptors (Lipinski definition) is 4. The number of aliphatic hydroxyl groups is 1. The summed E-state index contributed by atoms with van der Waals surface area (Å²) < 4.78 is 19.3. The Morgan fingerprint density at radius 1 is 0.581 bits per heavy atom. The van der Waals surface area contributed by atoms with Gasteiger partial charge in [0.05, 0.1) is 30.5 Å². The molecule has 252 valence electrons. The lowest BCUT2D eigenvalue weighted by atomic mass is 9.60. The average Bonchev–Trinajstić information content (AvgIpc) is 3.01. The summed E-state index contributed by atoms with van der Waals surface area (Å²) in [5, 5.41) is 9.94. The van der Waals surface area contributed by atoms with Gasteiger partial charge in [0.1, 0.15) is 0 Å². The van der Waals surface area contributed by atoms with E-state index in [1.807, 2.05) is 0 Å². The molecule has 0 radical (unpaired) electrons. The van der Waals surface area contributed by atoms with Crippen LogP contribution in [-0.4, -0.2) is 48.8 Å². The van der Waals surface area contributed by atoms with Crippen LogP contribution in [0.25, 0.3) is 0 Å². The Morgan fingerprint density at radius 3 is 1.42 bits per heavy atom. The molecule has 1 N–H and O–H groups in total. The highest BCUT2D eigenvalue weighted by Gasteiger charge is 2.42. The van der Waals surface area contributed by atoms with Crippen molar-refractivity contribution >= 4 is 0 Å². The molecule has 0 amide bonds. The molecule has 0 aromatic carbocycles. The predicted octanol–water partition coefficient (Wildman–Crippen LogP) is 10.1. The van der Waals surface area contributed by atoms with E-state index in [1.165, 1.54) is 96.3 Å². The van der Waals surface area contributed by atoms with Crippen LogP contribution in [0.4, 0.5) is 0 Å². The lowest BCUT2D eigenvalue weighted by Gasteiger charge is -2.47. The zero-order valence-corrected chi connectivity index (χ0v) is 29.6. The van der Waals surface area contributed by atoms with E-state index in [2.05, 4.69) is 48.5 Å². The fraction of sp³-hybridized carbons (Fsp3) is 1.00. The Hall–Kier alpha value is -0.160. The molecule has 0 saturated heterocycles. The molecule has 0 spiro atoms. The fourth-order valence-electron chi connectivity index (χ4n) is 9.59. The number of ether oxygens (including phenoxy) is 3. The van der Waals surface area contributed by atoms with Crippen molar-refractivity contribution < 1.29 is 19.3 Å². The van der Waals surface area contributed by atoms with Gasteiger partial charge in [-0.05, 0) is 156 Å². The molecular formula is C39H72O4. The Bertz CT molecular complexity index is 762. The fourth-order valence-corrected chi connectivity index (χ4v) is 9.59. The van der Waals surface area contributed by atoms with Crippen LogP contribution in [0.15, 0.2) is 0 Å². The van der Waals surface area contributed by atoms with Crippen molar-refractivity contribution in [3.63, 3.8) is 0 Å². The van der Waals surface area contributed by atoms with E-state index in [1.54, 1.807) is 0 Å². The van der Waals surface area contributed by atoms with Crippen LogP contribution in [0.5, 0.6) is 0 Å². The van der Waals surface area contributed by atoms with Crippen molar-refractivity contribution in [2.24, 2.45) is 40.4 Å². The van der Waals surface area contributed by atoms with Crippen molar-refractivity contribution in [1.82, 2.24) is 0 Å². The maximum atomic E-state index is 9.94. The first-order chi connectivity index (χ1) is 20.5. The third-order valence-corrected chi connectivity index (χ3v) is 13.5. The molecule has 43 heavy (non-hydrogen) atoms. The van der Waals surface area contributed by atoms with Crippen LogP contribution < -0.4 is 0 Å². The first-order valence-electron chi connectivity index (χ1n) is 19.1. The van der Waals surface area contributed by atoms with Gasteiger partial charge in [-0.2, -0.15) is 0 Å². The zero-order chi connectivity index (χ0) is 31.0. The van der Waals surface area contributed by atoms with Crippen LogP contribution in [0.1, 0.15) is 164 Å². The molecule has 0 heterocycles. The SMILES string of the molecule is CCC(C)COC1CCC(C(C)(C)C2CCC(OC(C)CCOC3CCC(C(C)(C)C4CCC(O)CC4)CC3)CC2)CC1. The van der Waals surface area contributed by atoms with E-state index in [9.17, 15) is 5.11 Å². The minimum Gasteiger partial charge on any atom is -0.393 e. The summed E-state index contributed by atoms with van der Waals surface area (Å²) in [5.41, 5.74) is 0.822. The Kier molecular flexibility index (Phi) is 13.8. The highest BCUT2D eigenvalue weighted by atomic mass is 16.5. The third-order valence-electron chi connectivity index (χ3n) is 13.5. The second kappa shape index (κ2) is 16.6. The van der Waals surface area contributed by atoms with Gasteiger partial charge in [-0.1, -0.05) is 48.0 Å². The van der Waals surface area contributed by atoms with Gasteiger partial charge < -0.3 is 19.3 Å². The van der Waals surface area contributed by atoms with Gasteiger partial charge in [-0.15, -0.1) is 0 Å². The minimum atomic E-state index is -0.0511. The highest BCUT2D eigenvalue weighted by molar-refractivity contribution is 4.92. The summed E-state index contributed by atoms with van der Waals surface area (Å²) in [6.45, 7) is 18.8. The van der Waals surface area contributed by atoms with Crippen LogP contribution in [0, 0.1) is 40.4 Å². The lowest BCUT2D eigenvalue weighted by molar-refractivity contribution is -0.0705. The quantitative estimate of drug-likeness (QED) is 0.214. The molecule has 2 unspecified atom stereocenters. The van der Waals surface area contributed by atoms with E-state index >= 15 is 0 Å². The van der Waals surface area contributed by atoms with Crippen LogP contribution in [-0.2, 0) is 14.2 Å². The van der Waals surface area contributed by atoms with E-state index < -0.39 is 0 Å². The summed E-state index contributed by atoms with van der Waals surface area (Å²) in [6.07, 6.45) is 23.6. The molecular weight excluding hydrogens is 532 g/mol. The first-order valence-corrected chi connectivity index (χ1v) is 19.1. The molecule has 0 bridgehead atoms. The van der Waals surface area contributed by atoms with Crippen molar-refractivity contribution in [3.8, 4) is 0 Å². The molecule has 2 atom stereocenters. The zero-order valence-electron chi connectivity index (χ0n) is 29.6. The summed E-state index contributed by atoms with van der Waals surface area (Å²) in [6, 6.07) is 0. The second-order valence-corrected chi connectivity index (χ2v) is 17.0. The number of hydrogen-bond donors (Lipinski definition) is 1. The normalized spacial score (nSPS) is 36.3. The molecule has 0 aromatic rings. The summed E-state index contributed by atoms with van der Waals surface area (Å²) in [7, 11) is 0. The minimum absolute atomic E-state index is 0.0511. The van der Waals surface area contributed by atoms with Crippen LogP contribution >= 0.6 is 0 Å². The van der Waals surface area contributed by atoms with E-state index in [0.29, 0.717) is 35.1 Å².